The molecule has 0 aliphatic heterocycles. The number of carbonyl (C=O) groups excluding carboxylic acids is 2. The molecule has 30 heavy (non-hydrogen) atoms. The maximum Gasteiger partial charge on any atom is 0.257 e. The number of methoxy groups -OCH3 is 1. The maximum atomic E-state index is 12.8. The molecule has 2 amide bonds. The lowest BCUT2D eigenvalue weighted by atomic mass is 10.1. The molecule has 3 rings (SSSR count). The predicted molar refractivity (Wildman–Crippen MR) is 116 cm³/mol. The minimum absolute atomic E-state index is 0.311. The molecule has 1 aromatic heterocycles. The smallest absolute Gasteiger partial charge is 0.257 e. The molecule has 1 heterocycles. The van der Waals surface area contributed by atoms with E-state index in [1.807, 2.05) is 14.1 Å². The average Bonchev–Trinajstić information content (AvgIpc) is 3.20. The van der Waals surface area contributed by atoms with Crippen molar-refractivity contribution in [2.24, 2.45) is 0 Å². The molecular formula is C22H25N5O3. The Labute approximate surface area is 175 Å². The summed E-state index contributed by atoms with van der Waals surface area (Å²) >= 11 is 0. The second-order valence-corrected chi connectivity index (χ2v) is 6.98. The third kappa shape index (κ3) is 5.45. The molecule has 0 fully saturated rings. The number of nitrogens with zero attached hydrogens (tertiary/aromatic N) is 3. The number of aromatic nitrogens is 2. The van der Waals surface area contributed by atoms with Gasteiger partial charge in [0.25, 0.3) is 11.8 Å². The lowest BCUT2D eigenvalue weighted by molar-refractivity contribution is 0.102. The first-order valence-electron chi connectivity index (χ1n) is 9.49. The quantitative estimate of drug-likeness (QED) is 0.599. The summed E-state index contributed by atoms with van der Waals surface area (Å²) in [6.07, 6.45) is 3.38. The van der Waals surface area contributed by atoms with Crippen LogP contribution < -0.4 is 15.4 Å². The Balaban J connectivity index is 1.69. The topological polar surface area (TPSA) is 88.5 Å². The van der Waals surface area contributed by atoms with Crippen molar-refractivity contribution in [1.82, 2.24) is 14.7 Å². The van der Waals surface area contributed by atoms with Crippen LogP contribution in [-0.2, 0) is 6.54 Å². The second-order valence-electron chi connectivity index (χ2n) is 6.98. The number of hydrogen-bond donors (Lipinski definition) is 2. The number of rotatable bonds is 8. The number of carbonyl (C=O) groups is 2. The van der Waals surface area contributed by atoms with E-state index < -0.39 is 0 Å². The van der Waals surface area contributed by atoms with Gasteiger partial charge < -0.3 is 20.3 Å². The molecule has 2 N–H and O–H groups in total. The molecule has 8 nitrogen and oxygen atoms in total. The highest BCUT2D eigenvalue weighted by atomic mass is 16.5. The normalized spacial score (nSPS) is 10.7. The monoisotopic (exact) mass is 407 g/mol. The van der Waals surface area contributed by atoms with E-state index in [4.69, 9.17) is 4.74 Å². The molecule has 0 aliphatic carbocycles. The van der Waals surface area contributed by atoms with E-state index in [0.29, 0.717) is 28.3 Å². The highest BCUT2D eigenvalue weighted by Crippen LogP contribution is 2.19. The van der Waals surface area contributed by atoms with Gasteiger partial charge in [-0.15, -0.1) is 0 Å². The predicted octanol–water partition coefficient (Wildman–Crippen LogP) is 2.96. The fourth-order valence-corrected chi connectivity index (χ4v) is 2.78. The third-order valence-electron chi connectivity index (χ3n) is 4.44. The summed E-state index contributed by atoms with van der Waals surface area (Å²) < 4.78 is 6.88. The minimum Gasteiger partial charge on any atom is -0.497 e. The molecule has 0 aliphatic rings. The van der Waals surface area contributed by atoms with Gasteiger partial charge in [0.05, 0.1) is 36.8 Å². The van der Waals surface area contributed by atoms with Gasteiger partial charge in [-0.3, -0.25) is 14.3 Å². The first kappa shape index (κ1) is 21.1. The number of hydrogen-bond acceptors (Lipinski definition) is 5. The highest BCUT2D eigenvalue weighted by molar-refractivity contribution is 6.12. The van der Waals surface area contributed by atoms with Crippen molar-refractivity contribution < 1.29 is 14.3 Å². The molecule has 8 heteroatoms. The van der Waals surface area contributed by atoms with Gasteiger partial charge in [0.2, 0.25) is 0 Å². The van der Waals surface area contributed by atoms with E-state index in [1.165, 1.54) is 0 Å². The van der Waals surface area contributed by atoms with E-state index in [9.17, 15) is 9.59 Å². The number of anilines is 2. The first-order chi connectivity index (χ1) is 14.5. The van der Waals surface area contributed by atoms with Crippen LogP contribution in [0.2, 0.25) is 0 Å². The van der Waals surface area contributed by atoms with Gasteiger partial charge in [0.15, 0.2) is 0 Å². The van der Waals surface area contributed by atoms with Crippen LogP contribution in [0.25, 0.3) is 0 Å². The van der Waals surface area contributed by atoms with Crippen molar-refractivity contribution in [2.75, 3.05) is 38.4 Å². The van der Waals surface area contributed by atoms with Crippen LogP contribution in [0.5, 0.6) is 5.75 Å². The largest absolute Gasteiger partial charge is 0.497 e. The molecule has 0 spiro atoms. The molecular weight excluding hydrogens is 382 g/mol. The number of para-hydroxylation sites is 1. The zero-order valence-corrected chi connectivity index (χ0v) is 17.3. The highest BCUT2D eigenvalue weighted by Gasteiger charge is 2.15. The lowest BCUT2D eigenvalue weighted by Crippen LogP contribution is -2.19. The van der Waals surface area contributed by atoms with E-state index in [-0.39, 0.29) is 11.8 Å². The molecule has 3 aromatic rings. The van der Waals surface area contributed by atoms with Crippen molar-refractivity contribution in [2.45, 2.75) is 6.54 Å². The van der Waals surface area contributed by atoms with E-state index in [1.54, 1.807) is 72.7 Å². The zero-order valence-electron chi connectivity index (χ0n) is 17.3. The molecule has 0 bridgehead atoms. The summed E-state index contributed by atoms with van der Waals surface area (Å²) in [6, 6.07) is 13.6. The molecule has 0 saturated heterocycles. The Bertz CT molecular complexity index is 1010. The van der Waals surface area contributed by atoms with Crippen molar-refractivity contribution in [3.05, 3.63) is 72.1 Å². The van der Waals surface area contributed by atoms with Crippen LogP contribution in [0.3, 0.4) is 0 Å². The van der Waals surface area contributed by atoms with Crippen molar-refractivity contribution >= 4 is 23.2 Å². The Morgan fingerprint density at radius 3 is 2.47 bits per heavy atom. The molecule has 0 radical (unpaired) electrons. The van der Waals surface area contributed by atoms with Gasteiger partial charge in [0, 0.05) is 18.3 Å². The van der Waals surface area contributed by atoms with E-state index in [2.05, 4.69) is 20.6 Å². The molecule has 156 valence electrons. The third-order valence-corrected chi connectivity index (χ3v) is 4.44. The van der Waals surface area contributed by atoms with Gasteiger partial charge in [-0.1, -0.05) is 12.1 Å². The van der Waals surface area contributed by atoms with Gasteiger partial charge in [0.1, 0.15) is 5.75 Å². The fraction of sp³-hybridized carbons (Fsp3) is 0.227. The molecule has 0 atom stereocenters. The van der Waals surface area contributed by atoms with Crippen LogP contribution in [-0.4, -0.2) is 54.2 Å². The van der Waals surface area contributed by atoms with Gasteiger partial charge >= 0.3 is 0 Å². The standard InChI is InChI=1S/C22H25N5O3/c1-26(2)12-13-27-15-17(14-23-27)24-22(29)19-6-4-5-7-20(19)25-21(28)16-8-10-18(30-3)11-9-16/h4-11,14-15H,12-13H2,1-3H3,(H,24,29)(H,25,28). The number of amides is 2. The summed E-state index contributed by atoms with van der Waals surface area (Å²) in [5.41, 5.74) is 1.85. The number of ether oxygens (including phenoxy) is 1. The van der Waals surface area contributed by atoms with Gasteiger partial charge in [-0.05, 0) is 50.5 Å². The van der Waals surface area contributed by atoms with Crippen LogP contribution in [0.15, 0.2) is 60.9 Å². The van der Waals surface area contributed by atoms with Crippen LogP contribution in [0.1, 0.15) is 20.7 Å². The summed E-state index contributed by atoms with van der Waals surface area (Å²) in [7, 11) is 5.54. The number of benzene rings is 2. The van der Waals surface area contributed by atoms with Gasteiger partial charge in [-0.2, -0.15) is 5.10 Å². The first-order valence-corrected chi connectivity index (χ1v) is 9.49. The van der Waals surface area contributed by atoms with Crippen LogP contribution in [0.4, 0.5) is 11.4 Å². The van der Waals surface area contributed by atoms with Crippen molar-refractivity contribution in [3.8, 4) is 5.75 Å². The van der Waals surface area contributed by atoms with Crippen LogP contribution in [0, 0.1) is 0 Å². The Kier molecular flexibility index (Phi) is 6.82. The SMILES string of the molecule is COc1ccc(C(=O)Nc2ccccc2C(=O)Nc2cnn(CCN(C)C)c2)cc1. The summed E-state index contributed by atoms with van der Waals surface area (Å²) in [6.45, 7) is 1.56. The van der Waals surface area contributed by atoms with Crippen molar-refractivity contribution in [1.29, 1.82) is 0 Å². The summed E-state index contributed by atoms with van der Waals surface area (Å²) in [5, 5.41) is 9.89. The Morgan fingerprint density at radius 1 is 1.03 bits per heavy atom. The number of nitrogens with one attached hydrogen (secondary N) is 2. The van der Waals surface area contributed by atoms with E-state index in [0.717, 1.165) is 13.1 Å². The second kappa shape index (κ2) is 9.71. The van der Waals surface area contributed by atoms with Gasteiger partial charge in [-0.25, -0.2) is 0 Å². The minimum atomic E-state index is -0.326. The molecule has 0 unspecified atom stereocenters. The maximum absolute atomic E-state index is 12.8. The molecule has 2 aromatic carbocycles. The summed E-state index contributed by atoms with van der Waals surface area (Å²) in [5.74, 6) is 0.0275. The van der Waals surface area contributed by atoms with E-state index >= 15 is 0 Å². The fourth-order valence-electron chi connectivity index (χ4n) is 2.78. The Hall–Kier alpha value is -3.65. The Morgan fingerprint density at radius 2 is 1.77 bits per heavy atom. The number of likely N-dealkylation sites (N-methyl/N-ethyl adjacent to an activating group) is 1. The summed E-state index contributed by atoms with van der Waals surface area (Å²) in [4.78, 5) is 27.4. The average molecular weight is 407 g/mol. The lowest BCUT2D eigenvalue weighted by Gasteiger charge is -2.11. The zero-order chi connectivity index (χ0) is 21.5. The molecule has 0 saturated carbocycles. The van der Waals surface area contributed by atoms with Crippen LogP contribution >= 0.6 is 0 Å². The van der Waals surface area contributed by atoms with Crippen molar-refractivity contribution in [3.63, 3.8) is 0 Å².